The van der Waals surface area contributed by atoms with Crippen molar-refractivity contribution in [3.63, 3.8) is 0 Å². The Balaban J connectivity index is 2.56. The monoisotopic (exact) mass is 321 g/mol. The van der Waals surface area contributed by atoms with Crippen molar-refractivity contribution in [2.24, 2.45) is 0 Å². The van der Waals surface area contributed by atoms with Crippen molar-refractivity contribution in [3.05, 3.63) is 29.8 Å². The van der Waals surface area contributed by atoms with Gasteiger partial charge < -0.3 is 15.2 Å². The lowest BCUT2D eigenvalue weighted by Gasteiger charge is -2.31. The van der Waals surface area contributed by atoms with Gasteiger partial charge in [0.2, 0.25) is 5.91 Å². The lowest BCUT2D eigenvalue weighted by Crippen LogP contribution is -2.49. The molecule has 0 saturated heterocycles. The highest BCUT2D eigenvalue weighted by molar-refractivity contribution is 5.78. The fourth-order valence-electron chi connectivity index (χ4n) is 2.55. The van der Waals surface area contributed by atoms with Crippen LogP contribution in [0.25, 0.3) is 0 Å². The predicted molar refractivity (Wildman–Crippen MR) is 89.6 cm³/mol. The van der Waals surface area contributed by atoms with Crippen molar-refractivity contribution < 1.29 is 19.4 Å². The maximum absolute atomic E-state index is 12.2. The zero-order valence-corrected chi connectivity index (χ0v) is 14.2. The van der Waals surface area contributed by atoms with Crippen LogP contribution in [-0.4, -0.2) is 29.1 Å². The van der Waals surface area contributed by atoms with Gasteiger partial charge in [0, 0.05) is 12.0 Å². The first-order valence-corrected chi connectivity index (χ1v) is 8.19. The van der Waals surface area contributed by atoms with Crippen LogP contribution in [0.4, 0.5) is 0 Å². The highest BCUT2D eigenvalue weighted by atomic mass is 16.5. The molecule has 128 valence electrons. The third-order valence-electron chi connectivity index (χ3n) is 4.12. The van der Waals surface area contributed by atoms with Crippen molar-refractivity contribution in [2.75, 3.05) is 6.61 Å². The molecule has 23 heavy (non-hydrogen) atoms. The molecule has 0 radical (unpaired) electrons. The largest absolute Gasteiger partial charge is 0.494 e. The van der Waals surface area contributed by atoms with Crippen molar-refractivity contribution in [1.29, 1.82) is 0 Å². The van der Waals surface area contributed by atoms with Gasteiger partial charge >= 0.3 is 5.97 Å². The van der Waals surface area contributed by atoms with Gasteiger partial charge in [-0.3, -0.25) is 9.59 Å². The van der Waals surface area contributed by atoms with E-state index in [0.717, 1.165) is 11.3 Å². The molecule has 0 heterocycles. The molecule has 5 nitrogen and oxygen atoms in total. The summed E-state index contributed by atoms with van der Waals surface area (Å²) < 4.78 is 5.38. The number of carbonyl (C=O) groups is 2. The molecule has 1 rings (SSSR count). The number of hydrogen-bond acceptors (Lipinski definition) is 3. The van der Waals surface area contributed by atoms with Gasteiger partial charge in [0.25, 0.3) is 0 Å². The van der Waals surface area contributed by atoms with E-state index in [2.05, 4.69) is 5.32 Å². The van der Waals surface area contributed by atoms with Crippen LogP contribution in [0.1, 0.15) is 52.0 Å². The van der Waals surface area contributed by atoms with Gasteiger partial charge in [-0.15, -0.1) is 0 Å². The van der Waals surface area contributed by atoms with Crippen LogP contribution in [0.5, 0.6) is 5.75 Å². The Hall–Kier alpha value is -2.04. The molecule has 0 saturated carbocycles. The Labute approximate surface area is 138 Å². The zero-order valence-electron chi connectivity index (χ0n) is 14.2. The summed E-state index contributed by atoms with van der Waals surface area (Å²) in [5.41, 5.74) is 0.405. The highest BCUT2D eigenvalue weighted by Crippen LogP contribution is 2.20. The smallest absolute Gasteiger partial charge is 0.305 e. The van der Waals surface area contributed by atoms with E-state index >= 15 is 0 Å². The Kier molecular flexibility index (Phi) is 7.59. The van der Waals surface area contributed by atoms with Crippen molar-refractivity contribution in [1.82, 2.24) is 5.32 Å². The molecule has 0 fully saturated rings. The fourth-order valence-corrected chi connectivity index (χ4v) is 2.55. The molecule has 0 bridgehead atoms. The molecule has 0 aliphatic carbocycles. The minimum absolute atomic E-state index is 0.0468. The summed E-state index contributed by atoms with van der Waals surface area (Å²) in [6.07, 6.45) is 2.12. The Morgan fingerprint density at radius 3 is 2.22 bits per heavy atom. The predicted octanol–water partition coefficient (Wildman–Crippen LogP) is 3.17. The van der Waals surface area contributed by atoms with E-state index in [1.807, 2.05) is 45.0 Å². The number of carboxylic acid groups (broad SMARTS) is 1. The van der Waals surface area contributed by atoms with Crippen LogP contribution in [-0.2, 0) is 16.0 Å². The first kappa shape index (κ1) is 19.0. The Bertz CT molecular complexity index is 506. The van der Waals surface area contributed by atoms with Gasteiger partial charge in [-0.2, -0.15) is 0 Å². The average Bonchev–Trinajstić information content (AvgIpc) is 2.53. The summed E-state index contributed by atoms with van der Waals surface area (Å²) in [6.45, 7) is 6.36. The summed E-state index contributed by atoms with van der Waals surface area (Å²) in [5, 5.41) is 12.0. The lowest BCUT2D eigenvalue weighted by molar-refractivity contribution is -0.139. The third-order valence-corrected chi connectivity index (χ3v) is 4.12. The molecule has 1 aromatic carbocycles. The first-order chi connectivity index (χ1) is 10.9. The number of carboxylic acids is 1. The standard InChI is InChI=1S/C18H27NO4/c1-4-18(5-2,13-17(21)22)19-16(20)12-9-14-7-10-15(11-8-14)23-6-3/h7-8,10-11H,4-6,9,12-13H2,1-3H3,(H,19,20)(H,21,22). The first-order valence-electron chi connectivity index (χ1n) is 8.19. The quantitative estimate of drug-likeness (QED) is 0.694. The second-order valence-electron chi connectivity index (χ2n) is 5.68. The van der Waals surface area contributed by atoms with Gasteiger partial charge in [-0.1, -0.05) is 26.0 Å². The average molecular weight is 321 g/mol. The maximum atomic E-state index is 12.2. The lowest BCUT2D eigenvalue weighted by atomic mass is 9.88. The Morgan fingerprint density at radius 2 is 1.74 bits per heavy atom. The van der Waals surface area contributed by atoms with Crippen molar-refractivity contribution >= 4 is 11.9 Å². The van der Waals surface area contributed by atoms with Crippen LogP contribution in [0.15, 0.2) is 24.3 Å². The third kappa shape index (κ3) is 6.30. The minimum atomic E-state index is -0.888. The number of rotatable bonds is 10. The molecule has 0 aliphatic heterocycles. The zero-order chi connectivity index (χ0) is 17.3. The number of benzene rings is 1. The SMILES string of the molecule is CCOc1ccc(CCC(=O)NC(CC)(CC)CC(=O)O)cc1. The molecule has 0 atom stereocenters. The van der Waals surface area contributed by atoms with E-state index in [0.29, 0.717) is 32.3 Å². The number of aryl methyl sites for hydroxylation is 1. The van der Waals surface area contributed by atoms with E-state index in [1.165, 1.54) is 0 Å². The van der Waals surface area contributed by atoms with E-state index < -0.39 is 11.5 Å². The number of hydrogen-bond donors (Lipinski definition) is 2. The molecular weight excluding hydrogens is 294 g/mol. The van der Waals surface area contributed by atoms with E-state index in [9.17, 15) is 9.59 Å². The molecule has 0 aliphatic rings. The van der Waals surface area contributed by atoms with Gasteiger partial charge in [-0.05, 0) is 43.9 Å². The van der Waals surface area contributed by atoms with Crippen molar-refractivity contribution in [3.8, 4) is 5.75 Å². The van der Waals surface area contributed by atoms with E-state index in [4.69, 9.17) is 9.84 Å². The van der Waals surface area contributed by atoms with E-state index in [1.54, 1.807) is 0 Å². The van der Waals surface area contributed by atoms with Gasteiger partial charge in [-0.25, -0.2) is 0 Å². The topological polar surface area (TPSA) is 75.6 Å². The summed E-state index contributed by atoms with van der Waals surface area (Å²) in [7, 11) is 0. The molecule has 0 spiro atoms. The molecular formula is C18H27NO4. The number of nitrogens with one attached hydrogen (secondary N) is 1. The molecule has 2 N–H and O–H groups in total. The molecule has 1 aromatic rings. The van der Waals surface area contributed by atoms with Gasteiger partial charge in [0.05, 0.1) is 13.0 Å². The van der Waals surface area contributed by atoms with Gasteiger partial charge in [0.15, 0.2) is 0 Å². The summed E-state index contributed by atoms with van der Waals surface area (Å²) in [6, 6.07) is 7.68. The number of carbonyl (C=O) groups excluding carboxylic acids is 1. The molecule has 0 aromatic heterocycles. The van der Waals surface area contributed by atoms with Gasteiger partial charge in [0.1, 0.15) is 5.75 Å². The van der Waals surface area contributed by atoms with E-state index in [-0.39, 0.29) is 12.3 Å². The second kappa shape index (κ2) is 9.18. The molecule has 1 amide bonds. The highest BCUT2D eigenvalue weighted by Gasteiger charge is 2.30. The summed E-state index contributed by atoms with van der Waals surface area (Å²) >= 11 is 0. The number of ether oxygens (including phenoxy) is 1. The number of amides is 1. The number of aliphatic carboxylic acids is 1. The van der Waals surface area contributed by atoms with Crippen LogP contribution in [0.3, 0.4) is 0 Å². The van der Waals surface area contributed by atoms with Crippen molar-refractivity contribution in [2.45, 2.75) is 58.4 Å². The molecule has 0 unspecified atom stereocenters. The van der Waals surface area contributed by atoms with Crippen LogP contribution in [0.2, 0.25) is 0 Å². The normalized spacial score (nSPS) is 11.1. The summed E-state index contributed by atoms with van der Waals surface area (Å²) in [4.78, 5) is 23.2. The van der Waals surface area contributed by atoms with Crippen LogP contribution in [0, 0.1) is 0 Å². The second-order valence-corrected chi connectivity index (χ2v) is 5.68. The minimum Gasteiger partial charge on any atom is -0.494 e. The van der Waals surface area contributed by atoms with Crippen LogP contribution >= 0.6 is 0 Å². The fraction of sp³-hybridized carbons (Fsp3) is 0.556. The Morgan fingerprint density at radius 1 is 1.13 bits per heavy atom. The summed E-state index contributed by atoms with van der Waals surface area (Å²) in [5.74, 6) is -0.178. The maximum Gasteiger partial charge on any atom is 0.305 e. The van der Waals surface area contributed by atoms with Crippen LogP contribution < -0.4 is 10.1 Å². The molecule has 5 heteroatoms.